The van der Waals surface area contributed by atoms with Gasteiger partial charge in [0.15, 0.2) is 0 Å². The lowest BCUT2D eigenvalue weighted by Gasteiger charge is -2.35. The van der Waals surface area contributed by atoms with Crippen LogP contribution in [-0.2, 0) is 19.3 Å². The maximum atomic E-state index is 4.97. The second kappa shape index (κ2) is 4.36. The first-order valence-corrected chi connectivity index (χ1v) is 7.95. The smallest absolute Gasteiger partial charge is 0.109 e. The van der Waals surface area contributed by atoms with Crippen molar-refractivity contribution < 1.29 is 0 Å². The molecule has 0 bridgehead atoms. The molecule has 0 spiro atoms. The molecule has 0 N–H and O–H groups in total. The van der Waals surface area contributed by atoms with Crippen molar-refractivity contribution in [2.75, 3.05) is 0 Å². The Kier molecular flexibility index (Phi) is 3.03. The van der Waals surface area contributed by atoms with Gasteiger partial charge >= 0.3 is 0 Å². The van der Waals surface area contributed by atoms with Crippen LogP contribution in [0.5, 0.6) is 0 Å². The Morgan fingerprint density at radius 3 is 2.58 bits per heavy atom. The largest absolute Gasteiger partial charge is 0.329 e. The predicted molar refractivity (Wildman–Crippen MR) is 79.4 cm³/mol. The Morgan fingerprint density at radius 1 is 1.16 bits per heavy atom. The fourth-order valence-corrected chi connectivity index (χ4v) is 4.12. The minimum Gasteiger partial charge on any atom is -0.329 e. The van der Waals surface area contributed by atoms with Gasteiger partial charge < -0.3 is 4.57 Å². The van der Waals surface area contributed by atoms with Crippen molar-refractivity contribution in [3.05, 3.63) is 17.2 Å². The van der Waals surface area contributed by atoms with Crippen LogP contribution in [0.4, 0.5) is 0 Å². The monoisotopic (exact) mass is 260 g/mol. The molecular formula is C17H28N2. The molecule has 0 amide bonds. The van der Waals surface area contributed by atoms with Gasteiger partial charge in [-0.2, -0.15) is 0 Å². The van der Waals surface area contributed by atoms with E-state index in [1.165, 1.54) is 43.6 Å². The van der Waals surface area contributed by atoms with Crippen molar-refractivity contribution >= 4 is 0 Å². The molecular weight excluding hydrogens is 232 g/mol. The zero-order valence-electron chi connectivity index (χ0n) is 13.2. The molecule has 19 heavy (non-hydrogen) atoms. The van der Waals surface area contributed by atoms with Crippen LogP contribution < -0.4 is 0 Å². The predicted octanol–water partition coefficient (Wildman–Crippen LogP) is 4.18. The molecule has 1 aliphatic heterocycles. The number of aryl methyl sites for hydroxylation is 1. The molecule has 2 heteroatoms. The molecule has 1 aliphatic carbocycles. The number of nitrogens with zero attached hydrogens (tertiary/aromatic N) is 2. The lowest BCUT2D eigenvalue weighted by atomic mass is 9.72. The summed E-state index contributed by atoms with van der Waals surface area (Å²) in [6, 6.07) is 0.647. The molecule has 3 atom stereocenters. The fourth-order valence-electron chi connectivity index (χ4n) is 4.12. The zero-order valence-corrected chi connectivity index (χ0v) is 13.2. The van der Waals surface area contributed by atoms with E-state index in [9.17, 15) is 0 Å². The molecule has 0 saturated carbocycles. The summed E-state index contributed by atoms with van der Waals surface area (Å²) in [5.74, 6) is 2.97. The Morgan fingerprint density at radius 2 is 1.89 bits per heavy atom. The molecule has 0 aromatic carbocycles. The highest BCUT2D eigenvalue weighted by Gasteiger charge is 2.34. The standard InChI is InChI=1S/C17H28N2/c1-11-8-12(2)19-15-10-13(17(3,4)5)6-7-14(15)18-16(19)9-11/h11-13H,6-10H2,1-5H3. The van der Waals surface area contributed by atoms with Gasteiger partial charge in [-0.3, -0.25) is 0 Å². The van der Waals surface area contributed by atoms with Gasteiger partial charge in [-0.05, 0) is 49.9 Å². The molecule has 0 radical (unpaired) electrons. The van der Waals surface area contributed by atoms with Crippen LogP contribution in [-0.4, -0.2) is 9.55 Å². The minimum absolute atomic E-state index is 0.424. The summed E-state index contributed by atoms with van der Waals surface area (Å²) in [5, 5.41) is 0. The summed E-state index contributed by atoms with van der Waals surface area (Å²) in [6.45, 7) is 11.9. The van der Waals surface area contributed by atoms with Crippen LogP contribution in [0.25, 0.3) is 0 Å². The average Bonchev–Trinajstić information content (AvgIpc) is 2.64. The average molecular weight is 260 g/mol. The van der Waals surface area contributed by atoms with Crippen LogP contribution in [0.1, 0.15) is 70.7 Å². The third-order valence-corrected chi connectivity index (χ3v) is 5.28. The van der Waals surface area contributed by atoms with Gasteiger partial charge in [0.1, 0.15) is 5.82 Å². The van der Waals surface area contributed by atoms with Gasteiger partial charge in [-0.15, -0.1) is 0 Å². The van der Waals surface area contributed by atoms with Crippen molar-refractivity contribution in [1.82, 2.24) is 9.55 Å². The highest BCUT2D eigenvalue weighted by molar-refractivity contribution is 5.24. The lowest BCUT2D eigenvalue weighted by Crippen LogP contribution is -2.29. The molecule has 0 saturated heterocycles. The number of hydrogen-bond acceptors (Lipinski definition) is 1. The Labute approximate surface area is 117 Å². The van der Waals surface area contributed by atoms with Crippen LogP contribution in [0.15, 0.2) is 0 Å². The van der Waals surface area contributed by atoms with Crippen LogP contribution >= 0.6 is 0 Å². The van der Waals surface area contributed by atoms with E-state index in [1.807, 2.05) is 0 Å². The van der Waals surface area contributed by atoms with Crippen molar-refractivity contribution in [2.45, 2.75) is 72.8 Å². The SMILES string of the molecule is CC1Cc2nc3c(n2C(C)C1)CC(C(C)(C)C)CC3. The van der Waals surface area contributed by atoms with Crippen LogP contribution in [0.3, 0.4) is 0 Å². The van der Waals surface area contributed by atoms with E-state index < -0.39 is 0 Å². The van der Waals surface area contributed by atoms with Gasteiger partial charge in [0.25, 0.3) is 0 Å². The number of rotatable bonds is 0. The Balaban J connectivity index is 1.97. The number of hydrogen-bond donors (Lipinski definition) is 0. The van der Waals surface area contributed by atoms with E-state index >= 15 is 0 Å². The quantitative estimate of drug-likeness (QED) is 0.684. The van der Waals surface area contributed by atoms with Crippen molar-refractivity contribution in [3.63, 3.8) is 0 Å². The third kappa shape index (κ3) is 2.23. The lowest BCUT2D eigenvalue weighted by molar-refractivity contribution is 0.208. The van der Waals surface area contributed by atoms with E-state index in [4.69, 9.17) is 4.98 Å². The minimum atomic E-state index is 0.424. The molecule has 1 aromatic heterocycles. The molecule has 106 valence electrons. The van der Waals surface area contributed by atoms with Gasteiger partial charge in [0, 0.05) is 18.2 Å². The molecule has 3 rings (SSSR count). The first-order valence-electron chi connectivity index (χ1n) is 7.95. The topological polar surface area (TPSA) is 17.8 Å². The third-order valence-electron chi connectivity index (χ3n) is 5.28. The van der Waals surface area contributed by atoms with Gasteiger partial charge in [0.2, 0.25) is 0 Å². The van der Waals surface area contributed by atoms with E-state index in [-0.39, 0.29) is 0 Å². The second-order valence-electron chi connectivity index (χ2n) is 7.99. The van der Waals surface area contributed by atoms with Gasteiger partial charge in [-0.25, -0.2) is 4.98 Å². The normalized spacial score (nSPS) is 30.9. The number of aromatic nitrogens is 2. The Bertz CT molecular complexity index is 478. The highest BCUT2D eigenvalue weighted by Crippen LogP contribution is 2.40. The highest BCUT2D eigenvalue weighted by atomic mass is 15.1. The van der Waals surface area contributed by atoms with Gasteiger partial charge in [-0.1, -0.05) is 27.7 Å². The molecule has 2 heterocycles. The summed E-state index contributed by atoms with van der Waals surface area (Å²) in [5.41, 5.74) is 3.41. The maximum Gasteiger partial charge on any atom is 0.109 e. The van der Waals surface area contributed by atoms with Crippen molar-refractivity contribution in [3.8, 4) is 0 Å². The molecule has 2 nitrogen and oxygen atoms in total. The summed E-state index contributed by atoms with van der Waals surface area (Å²) < 4.78 is 2.59. The summed E-state index contributed by atoms with van der Waals surface area (Å²) in [7, 11) is 0. The van der Waals surface area contributed by atoms with E-state index in [2.05, 4.69) is 39.2 Å². The van der Waals surface area contributed by atoms with Crippen molar-refractivity contribution in [2.24, 2.45) is 17.3 Å². The molecule has 1 aromatic rings. The number of fused-ring (bicyclic) bond motifs is 3. The van der Waals surface area contributed by atoms with Crippen LogP contribution in [0, 0.1) is 17.3 Å². The first-order chi connectivity index (χ1) is 8.86. The maximum absolute atomic E-state index is 4.97. The zero-order chi connectivity index (χ0) is 13.8. The number of imidazole rings is 1. The van der Waals surface area contributed by atoms with E-state index in [1.54, 1.807) is 5.69 Å². The van der Waals surface area contributed by atoms with E-state index in [0.29, 0.717) is 11.5 Å². The molecule has 2 aliphatic rings. The summed E-state index contributed by atoms with van der Waals surface area (Å²) in [6.07, 6.45) is 6.24. The van der Waals surface area contributed by atoms with Crippen LogP contribution in [0.2, 0.25) is 0 Å². The second-order valence-corrected chi connectivity index (χ2v) is 7.99. The van der Waals surface area contributed by atoms with E-state index in [0.717, 1.165) is 11.8 Å². The van der Waals surface area contributed by atoms with Crippen molar-refractivity contribution in [1.29, 1.82) is 0 Å². The summed E-state index contributed by atoms with van der Waals surface area (Å²) >= 11 is 0. The molecule has 0 fully saturated rings. The first kappa shape index (κ1) is 13.2. The Hall–Kier alpha value is -0.790. The van der Waals surface area contributed by atoms with Gasteiger partial charge in [0.05, 0.1) is 5.69 Å². The summed E-state index contributed by atoms with van der Waals surface area (Å²) in [4.78, 5) is 4.97. The fraction of sp³-hybridized carbons (Fsp3) is 0.824. The molecule has 3 unspecified atom stereocenters.